The lowest BCUT2D eigenvalue weighted by Gasteiger charge is -2.22. The lowest BCUT2D eigenvalue weighted by atomic mass is 10.1. The van der Waals surface area contributed by atoms with Gasteiger partial charge in [0.15, 0.2) is 0 Å². The third-order valence-electron chi connectivity index (χ3n) is 2.83. The van der Waals surface area contributed by atoms with Crippen molar-refractivity contribution in [3.05, 3.63) is 34.6 Å². The highest BCUT2D eigenvalue weighted by Gasteiger charge is 2.18. The third kappa shape index (κ3) is 3.43. The number of hydrogen-bond acceptors (Lipinski definition) is 3. The molecule has 0 bridgehead atoms. The summed E-state index contributed by atoms with van der Waals surface area (Å²) in [5.74, 6) is -1.03. The molecular weight excluding hydrogens is 259 g/mol. The second-order valence-corrected chi connectivity index (χ2v) is 4.62. The van der Waals surface area contributed by atoms with E-state index in [9.17, 15) is 9.18 Å². The van der Waals surface area contributed by atoms with Crippen molar-refractivity contribution in [3.63, 3.8) is 0 Å². The molecule has 2 rings (SSSR count). The second-order valence-electron chi connectivity index (χ2n) is 4.21. The number of hydrogen-bond donors (Lipinski definition) is 0. The van der Waals surface area contributed by atoms with Gasteiger partial charge in [0.05, 0.1) is 16.7 Å². The van der Waals surface area contributed by atoms with E-state index >= 15 is 0 Å². The second kappa shape index (κ2) is 6.16. The fourth-order valence-corrected chi connectivity index (χ4v) is 2.08. The van der Waals surface area contributed by atoms with E-state index in [2.05, 4.69) is 0 Å². The minimum absolute atomic E-state index is 0.0399. The van der Waals surface area contributed by atoms with Crippen molar-refractivity contribution < 1.29 is 18.7 Å². The zero-order valence-electron chi connectivity index (χ0n) is 9.83. The summed E-state index contributed by atoms with van der Waals surface area (Å²) in [6.07, 6.45) is 2.99. The summed E-state index contributed by atoms with van der Waals surface area (Å²) in [7, 11) is 0. The van der Waals surface area contributed by atoms with Crippen LogP contribution in [0.2, 0.25) is 5.02 Å². The van der Waals surface area contributed by atoms with Crippen LogP contribution in [0.25, 0.3) is 0 Å². The van der Waals surface area contributed by atoms with Crippen molar-refractivity contribution in [3.8, 4) is 0 Å². The smallest absolute Gasteiger partial charge is 0.339 e. The molecule has 0 aromatic heterocycles. The molecule has 1 aromatic rings. The summed E-state index contributed by atoms with van der Waals surface area (Å²) >= 11 is 5.77. The van der Waals surface area contributed by atoms with Gasteiger partial charge in [-0.15, -0.1) is 0 Å². The van der Waals surface area contributed by atoms with Crippen molar-refractivity contribution in [2.75, 3.05) is 13.2 Å². The van der Waals surface area contributed by atoms with Gasteiger partial charge >= 0.3 is 5.97 Å². The fraction of sp³-hybridized carbons (Fsp3) is 0.462. The van der Waals surface area contributed by atoms with Gasteiger partial charge in [-0.3, -0.25) is 0 Å². The molecule has 1 fully saturated rings. The predicted octanol–water partition coefficient (Wildman–Crippen LogP) is 3.21. The van der Waals surface area contributed by atoms with E-state index in [1.54, 1.807) is 0 Å². The SMILES string of the molecule is O=C(OCC1CCCCO1)c1ccc(F)cc1Cl. The van der Waals surface area contributed by atoms with E-state index in [1.807, 2.05) is 0 Å². The highest BCUT2D eigenvalue weighted by molar-refractivity contribution is 6.33. The van der Waals surface area contributed by atoms with Gasteiger partial charge in [-0.25, -0.2) is 9.18 Å². The molecule has 1 unspecified atom stereocenters. The molecular formula is C13H14ClFO3. The number of esters is 1. The predicted molar refractivity (Wildman–Crippen MR) is 65.3 cm³/mol. The summed E-state index contributed by atoms with van der Waals surface area (Å²) in [6.45, 7) is 0.923. The summed E-state index contributed by atoms with van der Waals surface area (Å²) in [4.78, 5) is 11.7. The molecule has 5 heteroatoms. The van der Waals surface area contributed by atoms with Gasteiger partial charge in [-0.05, 0) is 37.5 Å². The standard InChI is InChI=1S/C13H14ClFO3/c14-12-7-9(15)4-5-11(12)13(16)18-8-10-3-1-2-6-17-10/h4-5,7,10H,1-3,6,8H2. The molecule has 0 saturated carbocycles. The maximum absolute atomic E-state index is 12.8. The molecule has 1 heterocycles. The Labute approximate surface area is 110 Å². The molecule has 0 radical (unpaired) electrons. The number of rotatable bonds is 3. The molecule has 1 aliphatic heterocycles. The maximum atomic E-state index is 12.8. The van der Waals surface area contributed by atoms with Crippen LogP contribution in [0.5, 0.6) is 0 Å². The Morgan fingerprint density at radius 3 is 3.00 bits per heavy atom. The monoisotopic (exact) mass is 272 g/mol. The van der Waals surface area contributed by atoms with Crippen LogP contribution in [0.3, 0.4) is 0 Å². The first-order valence-electron chi connectivity index (χ1n) is 5.90. The molecule has 18 heavy (non-hydrogen) atoms. The highest BCUT2D eigenvalue weighted by Crippen LogP contribution is 2.19. The van der Waals surface area contributed by atoms with Crippen molar-refractivity contribution in [2.45, 2.75) is 25.4 Å². The van der Waals surface area contributed by atoms with Gasteiger partial charge in [0.25, 0.3) is 0 Å². The van der Waals surface area contributed by atoms with Gasteiger partial charge in [-0.2, -0.15) is 0 Å². The van der Waals surface area contributed by atoms with Crippen LogP contribution in [0.4, 0.5) is 4.39 Å². The quantitative estimate of drug-likeness (QED) is 0.793. The van der Waals surface area contributed by atoms with Crippen LogP contribution in [0.15, 0.2) is 18.2 Å². The maximum Gasteiger partial charge on any atom is 0.339 e. The minimum Gasteiger partial charge on any atom is -0.459 e. The first-order valence-corrected chi connectivity index (χ1v) is 6.28. The van der Waals surface area contributed by atoms with Crippen LogP contribution in [0, 0.1) is 5.82 Å². The van der Waals surface area contributed by atoms with E-state index in [0.717, 1.165) is 25.3 Å². The van der Waals surface area contributed by atoms with Crippen molar-refractivity contribution in [1.29, 1.82) is 0 Å². The lowest BCUT2D eigenvalue weighted by Crippen LogP contribution is -2.26. The summed E-state index contributed by atoms with van der Waals surface area (Å²) in [5, 5.41) is 0.0598. The number of carbonyl (C=O) groups excluding carboxylic acids is 1. The number of carbonyl (C=O) groups is 1. The number of ether oxygens (including phenoxy) is 2. The molecule has 0 amide bonds. The average molecular weight is 273 g/mol. The van der Waals surface area contributed by atoms with Crippen LogP contribution in [-0.4, -0.2) is 25.3 Å². The zero-order valence-corrected chi connectivity index (χ0v) is 10.6. The molecule has 98 valence electrons. The van der Waals surface area contributed by atoms with E-state index < -0.39 is 11.8 Å². The van der Waals surface area contributed by atoms with Crippen LogP contribution < -0.4 is 0 Å². The van der Waals surface area contributed by atoms with E-state index in [1.165, 1.54) is 12.1 Å². The molecule has 1 aliphatic rings. The topological polar surface area (TPSA) is 35.5 Å². The Hall–Kier alpha value is -1.13. The molecule has 0 N–H and O–H groups in total. The Kier molecular flexibility index (Phi) is 4.55. The van der Waals surface area contributed by atoms with Crippen molar-refractivity contribution in [1.82, 2.24) is 0 Å². The summed E-state index contributed by atoms with van der Waals surface area (Å²) < 4.78 is 23.4. The normalized spacial score (nSPS) is 19.6. The van der Waals surface area contributed by atoms with Gasteiger partial charge < -0.3 is 9.47 Å². The molecule has 1 atom stereocenters. The molecule has 0 aliphatic carbocycles. The number of benzene rings is 1. The van der Waals surface area contributed by atoms with Crippen LogP contribution in [0.1, 0.15) is 29.6 Å². The third-order valence-corrected chi connectivity index (χ3v) is 3.14. The van der Waals surface area contributed by atoms with Crippen molar-refractivity contribution in [2.24, 2.45) is 0 Å². The molecule has 0 spiro atoms. The van der Waals surface area contributed by atoms with Gasteiger partial charge in [-0.1, -0.05) is 11.6 Å². The van der Waals surface area contributed by atoms with Crippen molar-refractivity contribution >= 4 is 17.6 Å². The molecule has 3 nitrogen and oxygen atoms in total. The lowest BCUT2D eigenvalue weighted by molar-refractivity contribution is -0.0300. The van der Waals surface area contributed by atoms with Gasteiger partial charge in [0.1, 0.15) is 12.4 Å². The van der Waals surface area contributed by atoms with E-state index in [-0.39, 0.29) is 23.3 Å². The summed E-state index contributed by atoms with van der Waals surface area (Å²) in [6, 6.07) is 3.59. The largest absolute Gasteiger partial charge is 0.459 e. The zero-order chi connectivity index (χ0) is 13.0. The Morgan fingerprint density at radius 2 is 2.33 bits per heavy atom. The first-order chi connectivity index (χ1) is 8.66. The van der Waals surface area contributed by atoms with Crippen LogP contribution >= 0.6 is 11.6 Å². The van der Waals surface area contributed by atoms with Crippen LogP contribution in [-0.2, 0) is 9.47 Å². The summed E-state index contributed by atoms with van der Waals surface area (Å²) in [5.41, 5.74) is 0.175. The first kappa shape index (κ1) is 13.3. The van der Waals surface area contributed by atoms with Gasteiger partial charge in [0.2, 0.25) is 0 Å². The Balaban J connectivity index is 1.90. The average Bonchev–Trinajstić information content (AvgIpc) is 2.37. The fourth-order valence-electron chi connectivity index (χ4n) is 1.84. The van der Waals surface area contributed by atoms with E-state index in [4.69, 9.17) is 21.1 Å². The Bertz CT molecular complexity index is 430. The Morgan fingerprint density at radius 1 is 1.50 bits per heavy atom. The number of halogens is 2. The molecule has 1 saturated heterocycles. The van der Waals surface area contributed by atoms with Gasteiger partial charge in [0, 0.05) is 6.61 Å². The highest BCUT2D eigenvalue weighted by atomic mass is 35.5. The minimum atomic E-state index is -0.547. The van der Waals surface area contributed by atoms with E-state index in [0.29, 0.717) is 6.61 Å². The molecule has 1 aromatic carbocycles.